The van der Waals surface area contributed by atoms with Crippen LogP contribution < -0.4 is 5.26 Å². The predicted octanol–water partition coefficient (Wildman–Crippen LogP) is 1.86. The normalized spacial score (nSPS) is 14.1. The Bertz CT molecular complexity index is 157. The maximum atomic E-state index is 9.68. The van der Waals surface area contributed by atoms with Crippen molar-refractivity contribution < 1.29 is 14.6 Å². The van der Waals surface area contributed by atoms with Crippen LogP contribution in [0.15, 0.2) is 0 Å². The highest BCUT2D eigenvalue weighted by Crippen LogP contribution is 2.13. The van der Waals surface area contributed by atoms with E-state index < -0.39 is 0 Å². The van der Waals surface area contributed by atoms with Gasteiger partial charge in [0, 0.05) is 36.9 Å². The molecule has 0 saturated heterocycles. The van der Waals surface area contributed by atoms with Gasteiger partial charge in [0.15, 0.2) is 0 Å². The van der Waals surface area contributed by atoms with Gasteiger partial charge in [0.05, 0.1) is 0 Å². The van der Waals surface area contributed by atoms with E-state index in [1.54, 1.807) is 0 Å². The first-order valence-corrected chi connectivity index (χ1v) is 6.70. The first-order valence-electron chi connectivity index (χ1n) is 5.79. The van der Waals surface area contributed by atoms with Crippen molar-refractivity contribution in [3.8, 4) is 0 Å². The van der Waals surface area contributed by atoms with Gasteiger partial charge in [0.2, 0.25) is 0 Å². The zero-order chi connectivity index (χ0) is 12.6. The lowest BCUT2D eigenvalue weighted by molar-refractivity contribution is -0.777. The van der Waals surface area contributed by atoms with Crippen LogP contribution in [0.1, 0.15) is 34.6 Å². The van der Waals surface area contributed by atoms with Crippen LogP contribution in [0.3, 0.4) is 0 Å². The molecule has 0 aromatic carbocycles. The third-order valence-corrected chi connectivity index (χ3v) is 2.98. The van der Waals surface area contributed by atoms with Crippen molar-refractivity contribution in [2.75, 3.05) is 18.8 Å². The molecule has 0 aromatic rings. The molecule has 1 atom stereocenters. The molecule has 0 aromatic heterocycles. The molecular formula is C11H24NO3S-. The summed E-state index contributed by atoms with van der Waals surface area (Å²) in [7, 11) is 0. The van der Waals surface area contributed by atoms with Gasteiger partial charge in [-0.3, -0.25) is 9.94 Å². The lowest BCUT2D eigenvalue weighted by Gasteiger charge is -2.31. The monoisotopic (exact) mass is 250 g/mol. The van der Waals surface area contributed by atoms with E-state index in [0.717, 1.165) is 30.9 Å². The van der Waals surface area contributed by atoms with Crippen molar-refractivity contribution in [2.24, 2.45) is 11.8 Å². The van der Waals surface area contributed by atoms with E-state index in [9.17, 15) is 5.26 Å². The molecule has 0 heterocycles. The van der Waals surface area contributed by atoms with E-state index in [4.69, 9.17) is 0 Å². The van der Waals surface area contributed by atoms with Crippen LogP contribution in [0.2, 0.25) is 0 Å². The Hall–Kier alpha value is 0.190. The van der Waals surface area contributed by atoms with E-state index in [1.807, 2.05) is 0 Å². The average molecular weight is 250 g/mol. The Kier molecular flexibility index (Phi) is 9.35. The summed E-state index contributed by atoms with van der Waals surface area (Å²) in [6.07, 6.45) is 0. The number of nitrogens with zero attached hydrogens (tertiary/aromatic N) is 1. The minimum absolute atomic E-state index is 0.380. The Morgan fingerprint density at radius 1 is 1.06 bits per heavy atom. The summed E-state index contributed by atoms with van der Waals surface area (Å²) in [5.74, 6) is 2.02. The number of rotatable bonds is 9. The topological polar surface area (TPSA) is 44.8 Å². The molecule has 5 heteroatoms. The van der Waals surface area contributed by atoms with Crippen LogP contribution in [0.4, 0.5) is 0 Å². The molecule has 0 saturated carbocycles. The van der Waals surface area contributed by atoms with Gasteiger partial charge in [0.25, 0.3) is 0 Å². The van der Waals surface area contributed by atoms with Gasteiger partial charge < -0.3 is 5.26 Å². The summed E-state index contributed by atoms with van der Waals surface area (Å²) < 4.78 is 4.30. The van der Waals surface area contributed by atoms with Gasteiger partial charge in [-0.05, 0) is 18.8 Å². The molecule has 16 heavy (non-hydrogen) atoms. The molecule has 0 rings (SSSR count). The zero-order valence-electron chi connectivity index (χ0n) is 10.9. The molecule has 0 amide bonds. The molecule has 0 radical (unpaired) electrons. The highest BCUT2D eigenvalue weighted by molar-refractivity contribution is 7.94. The summed E-state index contributed by atoms with van der Waals surface area (Å²) in [6, 6.07) is 0.380. The molecule has 0 bridgehead atoms. The minimum atomic E-state index is 0.380. The van der Waals surface area contributed by atoms with Crippen LogP contribution in [0, 0.1) is 11.8 Å². The molecule has 0 N–H and O–H groups in total. The second kappa shape index (κ2) is 9.24. The Morgan fingerprint density at radius 3 is 1.94 bits per heavy atom. The minimum Gasteiger partial charge on any atom is -0.691 e. The maximum absolute atomic E-state index is 9.68. The van der Waals surface area contributed by atoms with E-state index in [-0.39, 0.29) is 0 Å². The van der Waals surface area contributed by atoms with Gasteiger partial charge in [-0.1, -0.05) is 27.7 Å². The second-order valence-corrected chi connectivity index (χ2v) is 5.72. The zero-order valence-corrected chi connectivity index (χ0v) is 11.8. The van der Waals surface area contributed by atoms with E-state index in [1.165, 1.54) is 0 Å². The summed E-state index contributed by atoms with van der Waals surface area (Å²) in [5.41, 5.74) is 0. The fourth-order valence-electron chi connectivity index (χ4n) is 1.62. The van der Waals surface area contributed by atoms with Crippen molar-refractivity contribution in [3.05, 3.63) is 0 Å². The van der Waals surface area contributed by atoms with Crippen LogP contribution in [0.5, 0.6) is 0 Å². The fourth-order valence-corrected chi connectivity index (χ4v) is 2.13. The molecule has 4 nitrogen and oxygen atoms in total. The summed E-state index contributed by atoms with van der Waals surface area (Å²) in [4.78, 5) is 2.43. The van der Waals surface area contributed by atoms with Crippen LogP contribution >= 0.6 is 12.0 Å². The quantitative estimate of drug-likeness (QED) is 0.270. The van der Waals surface area contributed by atoms with Crippen LogP contribution in [-0.2, 0) is 9.37 Å². The molecule has 1 unspecified atom stereocenters. The van der Waals surface area contributed by atoms with Crippen molar-refractivity contribution in [1.29, 1.82) is 0 Å². The summed E-state index contributed by atoms with van der Waals surface area (Å²) in [6.45, 7) is 13.1. The highest BCUT2D eigenvalue weighted by Gasteiger charge is 2.16. The largest absolute Gasteiger partial charge is 0.691 e. The maximum Gasteiger partial charge on any atom is 0.0382 e. The number of hydrogen-bond donors (Lipinski definition) is 0. The van der Waals surface area contributed by atoms with E-state index >= 15 is 0 Å². The third kappa shape index (κ3) is 8.35. The first kappa shape index (κ1) is 16.2. The molecule has 0 fully saturated rings. The van der Waals surface area contributed by atoms with E-state index in [0.29, 0.717) is 17.9 Å². The molecule has 0 aliphatic rings. The average Bonchev–Trinajstić information content (AvgIpc) is 2.15. The first-order chi connectivity index (χ1) is 7.47. The van der Waals surface area contributed by atoms with Gasteiger partial charge in [0.1, 0.15) is 0 Å². The molecule has 0 aliphatic carbocycles. The molecule has 0 spiro atoms. The predicted molar refractivity (Wildman–Crippen MR) is 65.3 cm³/mol. The van der Waals surface area contributed by atoms with Crippen molar-refractivity contribution in [1.82, 2.24) is 4.90 Å². The van der Waals surface area contributed by atoms with Gasteiger partial charge in [-0.25, -0.2) is 0 Å². The highest BCUT2D eigenvalue weighted by atomic mass is 32.2. The second-order valence-electron chi connectivity index (χ2n) is 5.01. The van der Waals surface area contributed by atoms with E-state index in [2.05, 4.69) is 48.9 Å². The molecule has 0 aliphatic heterocycles. The molecular weight excluding hydrogens is 226 g/mol. The Balaban J connectivity index is 4.04. The standard InChI is InChI=1S/C11H25NO3S/c1-9(2)6-12(7-10(3)4)11(5)8-16-15-14-13/h9-11,13H,6-8H2,1-5H3/p-1. The van der Waals surface area contributed by atoms with Gasteiger partial charge in [-0.2, -0.15) is 4.33 Å². The van der Waals surface area contributed by atoms with Gasteiger partial charge in [-0.15, -0.1) is 0 Å². The van der Waals surface area contributed by atoms with Crippen molar-refractivity contribution in [3.63, 3.8) is 0 Å². The SMILES string of the molecule is CC(C)CN(CC(C)C)C(C)CSOO[O-]. The lowest BCUT2D eigenvalue weighted by Crippen LogP contribution is -2.40. The fraction of sp³-hybridized carbons (Fsp3) is 1.00. The van der Waals surface area contributed by atoms with Crippen LogP contribution in [-0.4, -0.2) is 29.8 Å². The Labute approximate surface area is 103 Å². The molecule has 98 valence electrons. The summed E-state index contributed by atoms with van der Waals surface area (Å²) >= 11 is 1.07. The van der Waals surface area contributed by atoms with Crippen molar-refractivity contribution >= 4 is 12.0 Å². The Morgan fingerprint density at radius 2 is 1.56 bits per heavy atom. The van der Waals surface area contributed by atoms with Crippen molar-refractivity contribution in [2.45, 2.75) is 40.7 Å². The number of hydrogen-bond acceptors (Lipinski definition) is 5. The smallest absolute Gasteiger partial charge is 0.0382 e. The van der Waals surface area contributed by atoms with Gasteiger partial charge >= 0.3 is 0 Å². The lowest BCUT2D eigenvalue weighted by atomic mass is 10.1. The van der Waals surface area contributed by atoms with Crippen LogP contribution in [0.25, 0.3) is 0 Å². The third-order valence-electron chi connectivity index (χ3n) is 2.21. The summed E-state index contributed by atoms with van der Waals surface area (Å²) in [5, 5.41) is 13.0.